The maximum atomic E-state index is 12.4. The first-order valence-corrected chi connectivity index (χ1v) is 9.07. The lowest BCUT2D eigenvalue weighted by Gasteiger charge is -2.06. The van der Waals surface area contributed by atoms with Gasteiger partial charge in [-0.2, -0.15) is 0 Å². The van der Waals surface area contributed by atoms with E-state index in [9.17, 15) is 9.59 Å². The summed E-state index contributed by atoms with van der Waals surface area (Å²) in [6, 6.07) is 7.93. The van der Waals surface area contributed by atoms with E-state index >= 15 is 0 Å². The van der Waals surface area contributed by atoms with Crippen molar-refractivity contribution in [2.75, 3.05) is 6.26 Å². The van der Waals surface area contributed by atoms with Crippen LogP contribution in [0.25, 0.3) is 4.96 Å². The third-order valence-electron chi connectivity index (χ3n) is 3.47. The Labute approximate surface area is 141 Å². The molecule has 23 heavy (non-hydrogen) atoms. The molecular formula is C16H15N3O2S2. The highest BCUT2D eigenvalue weighted by atomic mass is 32.2. The van der Waals surface area contributed by atoms with Gasteiger partial charge in [0.05, 0.1) is 0 Å². The highest BCUT2D eigenvalue weighted by Gasteiger charge is 2.14. The summed E-state index contributed by atoms with van der Waals surface area (Å²) in [7, 11) is 0. The Morgan fingerprint density at radius 3 is 2.78 bits per heavy atom. The molecule has 3 aromatic rings. The molecule has 0 saturated carbocycles. The number of fused-ring (bicyclic) bond motifs is 1. The number of nitrogens with one attached hydrogen (secondary N) is 1. The van der Waals surface area contributed by atoms with Crippen molar-refractivity contribution in [3.63, 3.8) is 0 Å². The molecule has 0 unspecified atom stereocenters. The maximum absolute atomic E-state index is 12.4. The van der Waals surface area contributed by atoms with E-state index in [-0.39, 0.29) is 11.1 Å². The van der Waals surface area contributed by atoms with E-state index in [1.54, 1.807) is 11.8 Å². The Morgan fingerprint density at radius 2 is 2.09 bits per heavy atom. The maximum Gasteiger partial charge on any atom is 0.271 e. The molecule has 0 spiro atoms. The SMILES string of the molecule is CSc1ccc(CNC(=O)c2cnc3scc(C)n3c2=O)cc1. The van der Waals surface area contributed by atoms with Crippen LogP contribution < -0.4 is 10.9 Å². The first kappa shape index (κ1) is 15.8. The predicted octanol–water partition coefficient (Wildman–Crippen LogP) is 2.72. The fourth-order valence-corrected chi connectivity index (χ4v) is 3.44. The summed E-state index contributed by atoms with van der Waals surface area (Å²) < 4.78 is 1.47. The van der Waals surface area contributed by atoms with Gasteiger partial charge in [-0.1, -0.05) is 12.1 Å². The molecule has 3 rings (SSSR count). The highest BCUT2D eigenvalue weighted by molar-refractivity contribution is 7.98. The van der Waals surface area contributed by atoms with Crippen molar-refractivity contribution in [3.05, 3.63) is 63.0 Å². The van der Waals surface area contributed by atoms with Gasteiger partial charge >= 0.3 is 0 Å². The number of benzene rings is 1. The Morgan fingerprint density at radius 1 is 1.35 bits per heavy atom. The normalized spacial score (nSPS) is 10.9. The molecule has 7 heteroatoms. The van der Waals surface area contributed by atoms with Gasteiger partial charge in [0, 0.05) is 28.7 Å². The topological polar surface area (TPSA) is 63.5 Å². The molecule has 0 atom stereocenters. The molecule has 0 aliphatic heterocycles. The molecule has 2 aromatic heterocycles. The second-order valence-electron chi connectivity index (χ2n) is 5.00. The molecule has 0 aliphatic rings. The van der Waals surface area contributed by atoms with E-state index in [2.05, 4.69) is 10.3 Å². The second kappa shape index (κ2) is 6.55. The lowest BCUT2D eigenvalue weighted by Crippen LogP contribution is -2.31. The minimum Gasteiger partial charge on any atom is -0.348 e. The van der Waals surface area contributed by atoms with Crippen molar-refractivity contribution < 1.29 is 4.79 Å². The van der Waals surface area contributed by atoms with Crippen LogP contribution in [0.15, 0.2) is 45.5 Å². The number of thiazole rings is 1. The Kier molecular flexibility index (Phi) is 4.49. The molecular weight excluding hydrogens is 330 g/mol. The third kappa shape index (κ3) is 3.16. The summed E-state index contributed by atoms with van der Waals surface area (Å²) in [5, 5.41) is 4.62. The van der Waals surface area contributed by atoms with Crippen molar-refractivity contribution in [2.45, 2.75) is 18.4 Å². The Bertz CT molecular complexity index is 913. The monoisotopic (exact) mass is 345 g/mol. The van der Waals surface area contributed by atoms with Gasteiger partial charge in [0.1, 0.15) is 5.56 Å². The van der Waals surface area contributed by atoms with Crippen LogP contribution >= 0.6 is 23.1 Å². The van der Waals surface area contributed by atoms with Crippen LogP contribution in [0, 0.1) is 6.92 Å². The largest absolute Gasteiger partial charge is 0.348 e. The minimum atomic E-state index is -0.406. The molecule has 1 N–H and O–H groups in total. The summed E-state index contributed by atoms with van der Waals surface area (Å²) in [4.78, 5) is 30.6. The van der Waals surface area contributed by atoms with Crippen LogP contribution in [0.3, 0.4) is 0 Å². The summed E-state index contributed by atoms with van der Waals surface area (Å²) in [6.07, 6.45) is 3.36. The van der Waals surface area contributed by atoms with E-state index < -0.39 is 5.91 Å². The fourth-order valence-electron chi connectivity index (χ4n) is 2.20. The molecule has 2 heterocycles. The van der Waals surface area contributed by atoms with Gasteiger partial charge in [0.15, 0.2) is 4.96 Å². The van der Waals surface area contributed by atoms with Crippen LogP contribution in [0.1, 0.15) is 21.6 Å². The molecule has 0 fully saturated rings. The Balaban J connectivity index is 1.79. The number of amides is 1. The number of carbonyl (C=O) groups excluding carboxylic acids is 1. The van der Waals surface area contributed by atoms with Crippen molar-refractivity contribution in [1.29, 1.82) is 0 Å². The number of thioether (sulfide) groups is 1. The zero-order valence-corrected chi connectivity index (χ0v) is 14.3. The zero-order chi connectivity index (χ0) is 16.4. The van der Waals surface area contributed by atoms with Crippen molar-refractivity contribution in [1.82, 2.24) is 14.7 Å². The number of carbonyl (C=O) groups is 1. The van der Waals surface area contributed by atoms with Gasteiger partial charge in [-0.15, -0.1) is 23.1 Å². The van der Waals surface area contributed by atoms with Crippen LogP contribution in [0.5, 0.6) is 0 Å². The summed E-state index contributed by atoms with van der Waals surface area (Å²) in [5.41, 5.74) is 1.50. The molecule has 118 valence electrons. The summed E-state index contributed by atoms with van der Waals surface area (Å²) in [5.74, 6) is -0.406. The van der Waals surface area contributed by atoms with E-state index in [1.807, 2.05) is 42.8 Å². The molecule has 1 aromatic carbocycles. The summed E-state index contributed by atoms with van der Waals surface area (Å²) >= 11 is 3.05. The molecule has 1 amide bonds. The lowest BCUT2D eigenvalue weighted by atomic mass is 10.2. The highest BCUT2D eigenvalue weighted by Crippen LogP contribution is 2.15. The molecule has 0 aliphatic carbocycles. The van der Waals surface area contributed by atoms with Crippen LogP contribution in [0.2, 0.25) is 0 Å². The van der Waals surface area contributed by atoms with Crippen LogP contribution in [-0.4, -0.2) is 21.5 Å². The summed E-state index contributed by atoms with van der Waals surface area (Å²) in [6.45, 7) is 2.19. The van der Waals surface area contributed by atoms with Gasteiger partial charge < -0.3 is 5.32 Å². The number of aromatic nitrogens is 2. The number of aryl methyl sites for hydroxylation is 1. The second-order valence-corrected chi connectivity index (χ2v) is 6.72. The Hall–Kier alpha value is -2.12. The third-order valence-corrected chi connectivity index (χ3v) is 5.17. The van der Waals surface area contributed by atoms with Gasteiger partial charge in [-0.3, -0.25) is 14.0 Å². The molecule has 0 saturated heterocycles. The lowest BCUT2D eigenvalue weighted by molar-refractivity contribution is 0.0949. The van der Waals surface area contributed by atoms with E-state index in [0.717, 1.165) is 11.3 Å². The number of hydrogen-bond acceptors (Lipinski definition) is 5. The van der Waals surface area contributed by atoms with Crippen LogP contribution in [-0.2, 0) is 6.54 Å². The predicted molar refractivity (Wildman–Crippen MR) is 93.5 cm³/mol. The van der Waals surface area contributed by atoms with E-state index in [1.165, 1.54) is 26.8 Å². The van der Waals surface area contributed by atoms with Crippen molar-refractivity contribution in [2.24, 2.45) is 0 Å². The van der Waals surface area contributed by atoms with E-state index in [4.69, 9.17) is 0 Å². The van der Waals surface area contributed by atoms with Gasteiger partial charge in [0.2, 0.25) is 0 Å². The first-order chi connectivity index (χ1) is 11.1. The van der Waals surface area contributed by atoms with Crippen molar-refractivity contribution in [3.8, 4) is 0 Å². The van der Waals surface area contributed by atoms with Crippen LogP contribution in [0.4, 0.5) is 0 Å². The first-order valence-electron chi connectivity index (χ1n) is 6.97. The van der Waals surface area contributed by atoms with Gasteiger partial charge in [0.25, 0.3) is 11.5 Å². The number of rotatable bonds is 4. The average molecular weight is 345 g/mol. The van der Waals surface area contributed by atoms with E-state index in [0.29, 0.717) is 11.5 Å². The zero-order valence-electron chi connectivity index (χ0n) is 12.7. The smallest absolute Gasteiger partial charge is 0.271 e. The molecule has 0 bridgehead atoms. The number of nitrogens with zero attached hydrogens (tertiary/aromatic N) is 2. The fraction of sp³-hybridized carbons (Fsp3) is 0.188. The van der Waals surface area contributed by atoms with Gasteiger partial charge in [-0.25, -0.2) is 4.98 Å². The average Bonchev–Trinajstić information content (AvgIpc) is 2.95. The standard InChI is InChI=1S/C16H15N3O2S2/c1-10-9-23-16-18-8-13(15(21)19(10)16)14(20)17-7-11-3-5-12(22-2)6-4-11/h3-6,8-9H,7H2,1-2H3,(H,17,20). The minimum absolute atomic E-state index is 0.0599. The molecule has 0 radical (unpaired) electrons. The number of hydrogen-bond donors (Lipinski definition) is 1. The molecule has 5 nitrogen and oxygen atoms in total. The quantitative estimate of drug-likeness (QED) is 0.739. The van der Waals surface area contributed by atoms with Gasteiger partial charge in [-0.05, 0) is 30.9 Å². The van der Waals surface area contributed by atoms with Crippen molar-refractivity contribution >= 4 is 34.0 Å².